The topological polar surface area (TPSA) is 249 Å². The van der Waals surface area contributed by atoms with Gasteiger partial charge in [-0.3, -0.25) is 27.6 Å². The Hall–Kier alpha value is -6.06. The van der Waals surface area contributed by atoms with E-state index in [-0.39, 0.29) is 79.9 Å². The Bertz CT molecular complexity index is 2840. The molecule has 4 aromatic rings. The predicted octanol–water partition coefficient (Wildman–Crippen LogP) is 10.6. The van der Waals surface area contributed by atoms with Crippen molar-refractivity contribution in [1.29, 1.82) is 5.26 Å². The number of hydrogen-bond acceptors (Lipinski definition) is 12. The van der Waals surface area contributed by atoms with Gasteiger partial charge in [0.1, 0.15) is 17.3 Å². The zero-order chi connectivity index (χ0) is 49.2. The Morgan fingerprint density at radius 3 is 1.83 bits per heavy atom. The van der Waals surface area contributed by atoms with E-state index in [9.17, 15) is 42.2 Å². The predicted molar refractivity (Wildman–Crippen MR) is 257 cm³/mol. The lowest BCUT2D eigenvalue weighted by Gasteiger charge is -2.30. The first-order chi connectivity index (χ1) is 31.1. The van der Waals surface area contributed by atoms with Crippen molar-refractivity contribution in [3.8, 4) is 29.0 Å². The molecule has 0 aliphatic carbocycles. The molecule has 0 saturated heterocycles. The third kappa shape index (κ3) is 12.0. The zero-order valence-corrected chi connectivity index (χ0v) is 40.8. The largest absolute Gasteiger partial charge is 0.503 e. The normalized spacial score (nSPS) is 13.4. The maximum Gasteiger partial charge on any atom is 0.281 e. The van der Waals surface area contributed by atoms with Gasteiger partial charge in [-0.25, -0.2) is 22.2 Å². The molecule has 0 saturated carbocycles. The second kappa shape index (κ2) is 22.9. The highest BCUT2D eigenvalue weighted by Gasteiger charge is 2.29. The fourth-order valence-corrected chi connectivity index (χ4v) is 9.80. The number of azo groups is 2. The van der Waals surface area contributed by atoms with Crippen molar-refractivity contribution in [2.45, 2.75) is 138 Å². The van der Waals surface area contributed by atoms with E-state index in [2.05, 4.69) is 57.7 Å². The van der Waals surface area contributed by atoms with Gasteiger partial charge in [0.15, 0.2) is 11.6 Å². The van der Waals surface area contributed by atoms with Crippen LogP contribution in [0, 0.1) is 43.6 Å². The summed E-state index contributed by atoms with van der Waals surface area (Å²) < 4.78 is 59.7. The number of rotatable bonds is 21. The number of anilines is 1. The molecule has 66 heavy (non-hydrogen) atoms. The average Bonchev–Trinajstić information content (AvgIpc) is 3.24. The van der Waals surface area contributed by atoms with Gasteiger partial charge in [-0.2, -0.15) is 15.5 Å². The number of aromatic hydroxyl groups is 2. The third-order valence-electron chi connectivity index (χ3n) is 11.2. The fraction of sp³-hybridized carbons (Fsp3) is 0.478. The molecule has 354 valence electrons. The summed E-state index contributed by atoms with van der Waals surface area (Å²) in [5.74, 6) is -0.214. The molecule has 3 unspecified atom stereocenters. The maximum absolute atomic E-state index is 14.6. The molecule has 0 amide bonds. The van der Waals surface area contributed by atoms with Crippen molar-refractivity contribution in [1.82, 2.24) is 13.9 Å². The lowest BCUT2D eigenvalue weighted by Crippen LogP contribution is -2.35. The van der Waals surface area contributed by atoms with Crippen LogP contribution in [0.2, 0.25) is 0 Å². The van der Waals surface area contributed by atoms with Crippen molar-refractivity contribution >= 4 is 55.4 Å². The van der Waals surface area contributed by atoms with E-state index in [0.29, 0.717) is 31.1 Å². The summed E-state index contributed by atoms with van der Waals surface area (Å²) in [5.41, 5.74) is -1.38. The van der Waals surface area contributed by atoms with E-state index in [4.69, 9.17) is 6.57 Å². The van der Waals surface area contributed by atoms with Gasteiger partial charge < -0.3 is 10.2 Å². The van der Waals surface area contributed by atoms with Crippen LogP contribution in [0.3, 0.4) is 0 Å². The molecule has 18 nitrogen and oxygen atoms in total. The summed E-state index contributed by atoms with van der Waals surface area (Å²) in [6, 6.07) is 9.53. The summed E-state index contributed by atoms with van der Waals surface area (Å²) in [7, 11) is -4.40. The van der Waals surface area contributed by atoms with Gasteiger partial charge in [0, 0.05) is 41.9 Å². The smallest absolute Gasteiger partial charge is 0.281 e. The number of nitrogens with zero attached hydrogens (tertiary/aromatic N) is 9. The molecule has 0 spiro atoms. The summed E-state index contributed by atoms with van der Waals surface area (Å²) in [5, 5.41) is 47.8. The van der Waals surface area contributed by atoms with Crippen LogP contribution in [-0.4, -0.2) is 48.6 Å². The van der Waals surface area contributed by atoms with Crippen LogP contribution in [0.1, 0.15) is 111 Å². The highest BCUT2D eigenvalue weighted by atomic mass is 32.2. The van der Waals surface area contributed by atoms with Crippen LogP contribution >= 0.6 is 0 Å². The Balaban J connectivity index is 2.03. The highest BCUT2D eigenvalue weighted by molar-refractivity contribution is 7.89. The van der Waals surface area contributed by atoms with Crippen molar-refractivity contribution in [2.24, 2.45) is 32.3 Å². The summed E-state index contributed by atoms with van der Waals surface area (Å²) in [6.07, 6.45) is 4.23. The number of nitrogens with one attached hydrogen (secondary N) is 1. The first kappa shape index (κ1) is 52.6. The molecule has 0 aliphatic heterocycles. The van der Waals surface area contributed by atoms with Crippen LogP contribution in [0.25, 0.3) is 16.0 Å². The van der Waals surface area contributed by atoms with Gasteiger partial charge in [0.25, 0.3) is 22.4 Å². The first-order valence-electron chi connectivity index (χ1n) is 21.9. The quantitative estimate of drug-likeness (QED) is 0.0352. The standard InChI is InChI=1S/C46H60N10O8S2/c1-12-54-43(57)37(26-47)31(9)41(45(54)59)51-49-33-20-22-35(38(24-33)56(65(61)62)30(8)19-15-17-28(5)6)36-23-21-34(25-39(36)66(63,64)53-29(7)18-14-16-27(3)4)50-52-42-32(10)40(48-11)44(58)55(13-2)46(42)60/h20-25,27-30,53,57-58H,12-19H2,1-10H3,(H,61,62). The van der Waals surface area contributed by atoms with Gasteiger partial charge in [-0.1, -0.05) is 65.5 Å². The van der Waals surface area contributed by atoms with Crippen LogP contribution in [0.15, 0.2) is 71.3 Å². The van der Waals surface area contributed by atoms with E-state index in [1.165, 1.54) is 54.6 Å². The van der Waals surface area contributed by atoms with Crippen LogP contribution < -0.4 is 20.1 Å². The molecule has 0 aliphatic rings. The number of pyridine rings is 2. The monoisotopic (exact) mass is 944 g/mol. The summed E-state index contributed by atoms with van der Waals surface area (Å²) in [6.45, 7) is 25.7. The minimum absolute atomic E-state index is 0.0150. The molecular weight excluding hydrogens is 885 g/mol. The van der Waals surface area contributed by atoms with E-state index in [1.807, 2.05) is 6.07 Å². The summed E-state index contributed by atoms with van der Waals surface area (Å²) >= 11 is -2.66. The molecule has 2 heterocycles. The van der Waals surface area contributed by atoms with Crippen molar-refractivity contribution in [3.05, 3.63) is 85.2 Å². The van der Waals surface area contributed by atoms with Crippen molar-refractivity contribution in [3.63, 3.8) is 0 Å². The van der Waals surface area contributed by atoms with E-state index in [1.54, 1.807) is 27.7 Å². The van der Waals surface area contributed by atoms with E-state index >= 15 is 0 Å². The minimum Gasteiger partial charge on any atom is -0.503 e. The number of hydrogen-bond donors (Lipinski definition) is 4. The van der Waals surface area contributed by atoms with Crippen LogP contribution in [0.4, 0.5) is 34.1 Å². The average molecular weight is 945 g/mol. The first-order valence-corrected chi connectivity index (χ1v) is 24.4. The van der Waals surface area contributed by atoms with Crippen molar-refractivity contribution < 1.29 is 27.4 Å². The summed E-state index contributed by atoms with van der Waals surface area (Å²) in [4.78, 5) is 29.8. The number of aromatic nitrogens is 2. The Morgan fingerprint density at radius 1 is 0.803 bits per heavy atom. The molecule has 0 radical (unpaired) electrons. The molecule has 4 rings (SSSR count). The number of nitriles is 1. The zero-order valence-electron chi connectivity index (χ0n) is 39.2. The van der Waals surface area contributed by atoms with Gasteiger partial charge >= 0.3 is 0 Å². The highest BCUT2D eigenvalue weighted by Crippen LogP contribution is 2.42. The van der Waals surface area contributed by atoms with Crippen LogP contribution in [0.5, 0.6) is 11.8 Å². The lowest BCUT2D eigenvalue weighted by atomic mass is 10.0. The van der Waals surface area contributed by atoms with Gasteiger partial charge in [-0.05, 0) is 96.0 Å². The molecule has 4 N–H and O–H groups in total. The lowest BCUT2D eigenvalue weighted by molar-refractivity contribution is 0.409. The Kier molecular flexibility index (Phi) is 18.2. The van der Waals surface area contributed by atoms with Gasteiger partial charge in [0.05, 0.1) is 28.5 Å². The fourth-order valence-electron chi connectivity index (χ4n) is 7.55. The molecule has 0 fully saturated rings. The van der Waals surface area contributed by atoms with Gasteiger partial charge in [-0.15, -0.1) is 10.2 Å². The number of benzene rings is 2. The SMILES string of the molecule is [C-]#[N+]c1c(C)c(N=Nc2ccc(-c3ccc(N=Nc4c(C)c(C#N)c(O)n(CC)c4=O)cc3N(C(C)CCCC(C)C)S(=O)O)c(S(=O)(=O)NC(C)CCCC(C)C)c2)c(=O)n(CC)c1O. The maximum atomic E-state index is 14.6. The van der Waals surface area contributed by atoms with Crippen LogP contribution in [-0.2, 0) is 34.4 Å². The molecular formula is C46H60N10O8S2. The molecule has 2 aromatic heterocycles. The van der Waals surface area contributed by atoms with Crippen molar-refractivity contribution in [2.75, 3.05) is 4.31 Å². The Morgan fingerprint density at radius 2 is 1.32 bits per heavy atom. The minimum atomic E-state index is -4.40. The second-order valence-electron chi connectivity index (χ2n) is 17.0. The molecule has 20 heteroatoms. The molecule has 2 aromatic carbocycles. The molecule has 3 atom stereocenters. The van der Waals surface area contributed by atoms with E-state index in [0.717, 1.165) is 28.4 Å². The second-order valence-corrected chi connectivity index (χ2v) is 19.5. The van der Waals surface area contributed by atoms with Gasteiger partial charge in [0.2, 0.25) is 21.6 Å². The Labute approximate surface area is 389 Å². The third-order valence-corrected chi connectivity index (χ3v) is 13.7. The molecule has 0 bridgehead atoms. The van der Waals surface area contributed by atoms with E-state index < -0.39 is 56.3 Å². The number of sulfonamides is 1.